The van der Waals surface area contributed by atoms with Gasteiger partial charge >= 0.3 is 0 Å². The number of Topliss-reactive ketones (excluding diaryl/α,β-unsaturated/α-hetero) is 1. The van der Waals surface area contributed by atoms with Crippen molar-refractivity contribution in [3.8, 4) is 0 Å². The van der Waals surface area contributed by atoms with Gasteiger partial charge in [-0.3, -0.25) is 4.79 Å². The average Bonchev–Trinajstić information content (AvgIpc) is 2.80. The zero-order chi connectivity index (χ0) is 18.3. The summed E-state index contributed by atoms with van der Waals surface area (Å²) in [5, 5.41) is 0.116. The number of hydrogen-bond donors (Lipinski definition) is 2. The van der Waals surface area contributed by atoms with Crippen molar-refractivity contribution in [2.24, 2.45) is 0 Å². The molecule has 1 aromatic rings. The van der Waals surface area contributed by atoms with Crippen LogP contribution >= 0.6 is 11.6 Å². The van der Waals surface area contributed by atoms with Gasteiger partial charge in [0, 0.05) is 6.42 Å². The smallest absolute Gasteiger partial charge is 0.192 e. The number of anilines is 2. The number of carbonyl (C=O) groups excluding carboxylic acids is 1. The molecule has 0 bridgehead atoms. The highest BCUT2D eigenvalue weighted by atomic mass is 35.5. The third-order valence-corrected chi connectivity index (χ3v) is 9.49. The minimum atomic E-state index is -1.95. The van der Waals surface area contributed by atoms with Crippen LogP contribution in [0.4, 0.5) is 11.6 Å². The number of nitrogen functional groups attached to an aromatic ring is 2. The molecule has 134 valence electrons. The van der Waals surface area contributed by atoms with Crippen molar-refractivity contribution in [2.75, 3.05) is 18.1 Å². The van der Waals surface area contributed by atoms with E-state index >= 15 is 0 Å². The Morgan fingerprint density at radius 2 is 1.92 bits per heavy atom. The third kappa shape index (κ3) is 3.88. The standard InChI is InChI=1S/C15H25ClN4O3Si/c1-15(2,3)24(4,5)22-7-10-8(21)6-9(23-10)11-13(17)20-14(18)12(16)19-11/h9-10H,6-7H2,1-5H3,(H4,17,18,20)/t9-,10-/m1/s1. The van der Waals surface area contributed by atoms with Gasteiger partial charge in [-0.25, -0.2) is 9.97 Å². The molecule has 0 aromatic carbocycles. The summed E-state index contributed by atoms with van der Waals surface area (Å²) in [6.45, 7) is 10.9. The van der Waals surface area contributed by atoms with Crippen LogP contribution in [-0.2, 0) is 14.0 Å². The summed E-state index contributed by atoms with van der Waals surface area (Å²) in [5.74, 6) is 0.147. The van der Waals surface area contributed by atoms with E-state index in [9.17, 15) is 4.79 Å². The van der Waals surface area contributed by atoms with Crippen LogP contribution in [0.25, 0.3) is 0 Å². The topological polar surface area (TPSA) is 113 Å². The van der Waals surface area contributed by atoms with Crippen molar-refractivity contribution in [3.05, 3.63) is 10.8 Å². The van der Waals surface area contributed by atoms with E-state index in [2.05, 4.69) is 43.8 Å². The van der Waals surface area contributed by atoms with E-state index < -0.39 is 20.5 Å². The highest BCUT2D eigenvalue weighted by molar-refractivity contribution is 6.74. The maximum Gasteiger partial charge on any atom is 0.192 e. The summed E-state index contributed by atoms with van der Waals surface area (Å²) < 4.78 is 11.9. The number of carbonyl (C=O) groups is 1. The van der Waals surface area contributed by atoms with E-state index in [1.165, 1.54) is 0 Å². The van der Waals surface area contributed by atoms with Gasteiger partial charge in [-0.1, -0.05) is 32.4 Å². The Labute approximate surface area is 148 Å². The fourth-order valence-electron chi connectivity index (χ4n) is 2.12. The molecule has 0 amide bonds. The first kappa shape index (κ1) is 19.1. The molecule has 1 aromatic heterocycles. The van der Waals surface area contributed by atoms with Gasteiger partial charge in [0.05, 0.1) is 6.61 Å². The van der Waals surface area contributed by atoms with Crippen LogP contribution in [0.5, 0.6) is 0 Å². The number of halogens is 1. The number of rotatable bonds is 4. The zero-order valence-corrected chi connectivity index (χ0v) is 16.5. The monoisotopic (exact) mass is 372 g/mol. The molecular weight excluding hydrogens is 348 g/mol. The second-order valence-electron chi connectivity index (χ2n) is 7.53. The van der Waals surface area contributed by atoms with E-state index in [0.717, 1.165) is 0 Å². The zero-order valence-electron chi connectivity index (χ0n) is 14.7. The summed E-state index contributed by atoms with van der Waals surface area (Å²) in [6.07, 6.45) is -1.03. The highest BCUT2D eigenvalue weighted by Crippen LogP contribution is 2.38. The molecule has 2 rings (SSSR count). The Morgan fingerprint density at radius 3 is 2.50 bits per heavy atom. The maximum atomic E-state index is 12.3. The molecule has 1 fully saturated rings. The third-order valence-electron chi connectivity index (χ3n) is 4.71. The molecular formula is C15H25ClN4O3Si. The van der Waals surface area contributed by atoms with Crippen LogP contribution in [0, 0.1) is 0 Å². The van der Waals surface area contributed by atoms with Crippen LogP contribution in [0.2, 0.25) is 23.3 Å². The van der Waals surface area contributed by atoms with Gasteiger partial charge in [-0.15, -0.1) is 0 Å². The molecule has 2 heterocycles. The van der Waals surface area contributed by atoms with Gasteiger partial charge < -0.3 is 20.6 Å². The Morgan fingerprint density at radius 1 is 1.29 bits per heavy atom. The molecule has 0 saturated carbocycles. The molecule has 9 heteroatoms. The Balaban J connectivity index is 2.08. The van der Waals surface area contributed by atoms with Crippen LogP contribution in [0.3, 0.4) is 0 Å². The maximum absolute atomic E-state index is 12.3. The van der Waals surface area contributed by atoms with Crippen molar-refractivity contribution >= 4 is 37.3 Å². The summed E-state index contributed by atoms with van der Waals surface area (Å²) in [5.41, 5.74) is 11.7. The number of ketones is 1. The number of nitrogens with zero attached hydrogens (tertiary/aromatic N) is 2. The molecule has 0 radical (unpaired) electrons. The van der Waals surface area contributed by atoms with E-state index in [-0.39, 0.29) is 40.6 Å². The Kier molecular flexibility index (Phi) is 5.24. The quantitative estimate of drug-likeness (QED) is 0.781. The first-order chi connectivity index (χ1) is 10.9. The molecule has 7 nitrogen and oxygen atoms in total. The fraction of sp³-hybridized carbons (Fsp3) is 0.667. The number of nitrogens with two attached hydrogens (primary N) is 2. The van der Waals surface area contributed by atoms with Crippen LogP contribution in [0.15, 0.2) is 0 Å². The van der Waals surface area contributed by atoms with Gasteiger partial charge in [-0.05, 0) is 18.1 Å². The lowest BCUT2D eigenvalue weighted by molar-refractivity contribution is -0.124. The first-order valence-electron chi connectivity index (χ1n) is 7.83. The fourth-order valence-corrected chi connectivity index (χ4v) is 3.26. The summed E-state index contributed by atoms with van der Waals surface area (Å²) in [4.78, 5) is 20.3. The number of ether oxygens (including phenoxy) is 1. The molecule has 2 atom stereocenters. The Hall–Kier alpha value is -1.22. The van der Waals surface area contributed by atoms with Crippen molar-refractivity contribution < 1.29 is 14.0 Å². The van der Waals surface area contributed by atoms with Crippen LogP contribution in [-0.4, -0.2) is 36.8 Å². The molecule has 1 aliphatic heterocycles. The SMILES string of the molecule is CC(C)(C)[Si](C)(C)OC[C@H]1O[C@@H](c2nc(Cl)c(N)nc2N)CC1=O. The van der Waals surface area contributed by atoms with Gasteiger partial charge in [0.25, 0.3) is 0 Å². The predicted octanol–water partition coefficient (Wildman–Crippen LogP) is 2.72. The molecule has 0 aliphatic carbocycles. The first-order valence-corrected chi connectivity index (χ1v) is 11.1. The lowest BCUT2D eigenvalue weighted by Crippen LogP contribution is -2.43. The minimum Gasteiger partial charge on any atom is -0.414 e. The van der Waals surface area contributed by atoms with Gasteiger partial charge in [0.2, 0.25) is 0 Å². The van der Waals surface area contributed by atoms with Crippen molar-refractivity contribution in [2.45, 2.75) is 57.5 Å². The van der Waals surface area contributed by atoms with E-state index in [0.29, 0.717) is 5.69 Å². The molecule has 0 unspecified atom stereocenters. The largest absolute Gasteiger partial charge is 0.414 e. The Bertz CT molecular complexity index is 648. The minimum absolute atomic E-state index is 0.0344. The normalized spacial score (nSPS) is 22.2. The van der Waals surface area contributed by atoms with Gasteiger partial charge in [0.15, 0.2) is 30.9 Å². The second kappa shape index (κ2) is 6.59. The summed E-state index contributed by atoms with van der Waals surface area (Å²) in [6, 6.07) is 0. The average molecular weight is 373 g/mol. The predicted molar refractivity (Wildman–Crippen MR) is 96.3 cm³/mol. The van der Waals surface area contributed by atoms with E-state index in [4.69, 9.17) is 32.2 Å². The molecule has 0 spiro atoms. The lowest BCUT2D eigenvalue weighted by atomic mass is 10.1. The molecule has 24 heavy (non-hydrogen) atoms. The lowest BCUT2D eigenvalue weighted by Gasteiger charge is -2.36. The molecule has 1 saturated heterocycles. The molecule has 1 aliphatic rings. The second-order valence-corrected chi connectivity index (χ2v) is 12.7. The highest BCUT2D eigenvalue weighted by Gasteiger charge is 2.41. The van der Waals surface area contributed by atoms with Crippen molar-refractivity contribution in [1.82, 2.24) is 9.97 Å². The van der Waals surface area contributed by atoms with Crippen molar-refractivity contribution in [3.63, 3.8) is 0 Å². The number of hydrogen-bond acceptors (Lipinski definition) is 7. The van der Waals surface area contributed by atoms with Crippen LogP contribution < -0.4 is 11.5 Å². The van der Waals surface area contributed by atoms with Gasteiger partial charge in [0.1, 0.15) is 17.9 Å². The van der Waals surface area contributed by atoms with E-state index in [1.807, 2.05) is 0 Å². The van der Waals surface area contributed by atoms with Crippen LogP contribution in [0.1, 0.15) is 39.0 Å². The van der Waals surface area contributed by atoms with E-state index in [1.54, 1.807) is 0 Å². The number of aromatic nitrogens is 2. The molecule has 4 N–H and O–H groups in total. The van der Waals surface area contributed by atoms with Gasteiger partial charge in [-0.2, -0.15) is 0 Å². The summed E-state index contributed by atoms with van der Waals surface area (Å²) in [7, 11) is -1.95. The van der Waals surface area contributed by atoms with Crippen molar-refractivity contribution in [1.29, 1.82) is 0 Å². The summed E-state index contributed by atoms with van der Waals surface area (Å²) >= 11 is 5.89.